The Morgan fingerprint density at radius 1 is 0.885 bits per heavy atom. The summed E-state index contributed by atoms with van der Waals surface area (Å²) in [7, 11) is -10.7. The van der Waals surface area contributed by atoms with Gasteiger partial charge in [-0.05, 0) is 37.7 Å². The van der Waals surface area contributed by atoms with Gasteiger partial charge in [-0.15, -0.1) is 0 Å². The summed E-state index contributed by atoms with van der Waals surface area (Å²) in [5.41, 5.74) is 1.23. The third kappa shape index (κ3) is 56.8. The van der Waals surface area contributed by atoms with Crippen LogP contribution in [0.3, 0.4) is 0 Å². The van der Waals surface area contributed by atoms with Crippen molar-refractivity contribution in [1.82, 2.24) is 0 Å². The fourth-order valence-corrected chi connectivity index (χ4v) is 1.05. The van der Waals surface area contributed by atoms with Gasteiger partial charge < -0.3 is 0 Å². The zero-order chi connectivity index (χ0) is 21.2. The van der Waals surface area contributed by atoms with Gasteiger partial charge in [-0.1, -0.05) is 37.3 Å². The van der Waals surface area contributed by atoms with Crippen LogP contribution in [0.25, 0.3) is 0 Å². The predicted molar refractivity (Wildman–Crippen MR) is 78.1 cm³/mol. The van der Waals surface area contributed by atoms with Gasteiger partial charge in [-0.2, -0.15) is 0 Å². The molecule has 0 aromatic heterocycles. The molecule has 1 aromatic carbocycles. The average molecular weight is 442 g/mol. The van der Waals surface area contributed by atoms with Gasteiger partial charge in [-0.25, -0.2) is 0 Å². The summed E-state index contributed by atoms with van der Waals surface area (Å²) in [6.07, 6.45) is 5.92. The van der Waals surface area contributed by atoms with Gasteiger partial charge in [0.15, 0.2) is 0 Å². The summed E-state index contributed by atoms with van der Waals surface area (Å²) in [5, 5.41) is 0. The normalized spacial score (nSPS) is 11.3. The molecule has 0 fully saturated rings. The Hall–Kier alpha value is -1.03. The third-order valence-electron chi connectivity index (χ3n) is 1.57. The van der Waals surface area contributed by atoms with Gasteiger partial charge in [0.25, 0.3) is 0 Å². The summed E-state index contributed by atoms with van der Waals surface area (Å²) in [4.78, 5) is 0. The second-order valence-electron chi connectivity index (χ2n) is 3.66. The second kappa shape index (κ2) is 16.2. The molecule has 3 nitrogen and oxygen atoms in total. The van der Waals surface area contributed by atoms with Crippen molar-refractivity contribution in [1.29, 1.82) is 0 Å². The monoisotopic (exact) mass is 442 g/mol. The van der Waals surface area contributed by atoms with Crippen molar-refractivity contribution in [2.45, 2.75) is 6.92 Å². The second-order valence-corrected chi connectivity index (χ2v) is 5.58. The van der Waals surface area contributed by atoms with Crippen molar-refractivity contribution in [3.63, 3.8) is 0 Å². The third-order valence-corrected chi connectivity index (χ3v) is 1.57. The van der Waals surface area contributed by atoms with Gasteiger partial charge in [0.05, 0.1) is 0 Å². The minimum absolute atomic E-state index is 0. The Morgan fingerprint density at radius 2 is 1.19 bits per heavy atom. The zero-order valence-corrected chi connectivity index (χ0v) is 15.1. The Labute approximate surface area is 159 Å². The number of rotatable bonds is 4. The first-order valence-electron chi connectivity index (χ1n) is 5.64. The molecule has 0 atom stereocenters. The first-order valence-corrected chi connectivity index (χ1v) is 7.67. The number of benzene rings is 1. The minimum atomic E-state index is -10.7. The van der Waals surface area contributed by atoms with Crippen LogP contribution in [-0.2, 0) is 31.0 Å². The fraction of sp³-hybridized carbons (Fsp3) is 0.0667. The van der Waals surface area contributed by atoms with Crippen LogP contribution in [0, 0.1) is 52.1 Å². The van der Waals surface area contributed by atoms with E-state index in [4.69, 9.17) is 14.0 Å². The summed E-state index contributed by atoms with van der Waals surface area (Å²) >= 11 is 0. The molecule has 0 bridgehead atoms. The summed E-state index contributed by atoms with van der Waals surface area (Å²) in [6, 6.07) is 10.3. The summed E-state index contributed by atoms with van der Waals surface area (Å²) in [6.45, 7) is 19.2. The molecule has 1 aromatic rings. The minimum Gasteiger partial charge on any atom is -0.0622 e. The molecule has 5 radical (unpaired) electrons. The molecule has 0 N–H and O–H groups in total. The summed E-state index contributed by atoms with van der Waals surface area (Å²) < 4.78 is 81.7. The Bertz CT molecular complexity index is 474. The number of halogens is 6. The van der Waals surface area contributed by atoms with Gasteiger partial charge in [0, 0.05) is 17.1 Å². The molecule has 1 rings (SSSR count). The van der Waals surface area contributed by atoms with E-state index >= 15 is 0 Å². The van der Waals surface area contributed by atoms with Crippen molar-refractivity contribution in [3.8, 4) is 0 Å². The topological polar surface area (TPSA) is 59.7 Å². The van der Waals surface area contributed by atoms with Crippen molar-refractivity contribution >= 4 is 7.81 Å². The molecule has 0 saturated carbocycles. The van der Waals surface area contributed by atoms with Crippen LogP contribution in [0.1, 0.15) is 12.5 Å². The largest absolute Gasteiger partial charge is 0.0622 e. The molecule has 0 aliphatic carbocycles. The fourth-order valence-electron chi connectivity index (χ4n) is 1.05. The van der Waals surface area contributed by atoms with E-state index in [1.54, 1.807) is 6.42 Å². The van der Waals surface area contributed by atoms with Gasteiger partial charge >= 0.3 is 66.9 Å². The molecule has 0 aliphatic heterocycles. The standard InChI is InChI=1S/C12H13.3CO.F6P.Fe/c1-3-7-11(2)10-12-8-5-4-6-9-12;3*1-2;1-7(2,3,4,5)6;/h3-10H,1H2,2H3;;;;;/q;;;;-1;. The SMILES string of the molecule is F[P-](F)(F)(F)(F)F.[C-]#[O+].[C-]#[O+].[C-]#[O+].[CH2][CH][CH][C](C)[CH]c1ccccc1.[Fe]. The van der Waals surface area contributed by atoms with Crippen LogP contribution in [0.15, 0.2) is 30.3 Å². The van der Waals surface area contributed by atoms with E-state index in [2.05, 4.69) is 52.4 Å². The van der Waals surface area contributed by atoms with Gasteiger partial charge in [0.2, 0.25) is 0 Å². The van der Waals surface area contributed by atoms with Crippen LogP contribution in [0.2, 0.25) is 0 Å². The molecule has 11 heteroatoms. The van der Waals surface area contributed by atoms with E-state index in [1.165, 1.54) is 11.5 Å². The molecule has 0 amide bonds. The Kier molecular flexibility index (Phi) is 22.4. The van der Waals surface area contributed by atoms with E-state index in [9.17, 15) is 25.2 Å². The van der Waals surface area contributed by atoms with Gasteiger partial charge in [-0.3, -0.25) is 0 Å². The van der Waals surface area contributed by atoms with E-state index in [-0.39, 0.29) is 17.1 Å². The van der Waals surface area contributed by atoms with Crippen LogP contribution in [0.4, 0.5) is 25.2 Å². The van der Waals surface area contributed by atoms with E-state index in [0.29, 0.717) is 0 Å². The van der Waals surface area contributed by atoms with Crippen LogP contribution < -0.4 is 0 Å². The quantitative estimate of drug-likeness (QED) is 0.172. The molecule has 26 heavy (non-hydrogen) atoms. The average Bonchev–Trinajstić information content (AvgIpc) is 2.51. The smallest absolute Gasteiger partial charge is 0 e. The van der Waals surface area contributed by atoms with Crippen LogP contribution >= 0.6 is 7.81 Å². The molecule has 0 aliphatic rings. The number of hydrogen-bond acceptors (Lipinski definition) is 0. The van der Waals surface area contributed by atoms with Gasteiger partial charge in [0.1, 0.15) is 0 Å². The molecular weight excluding hydrogens is 429 g/mol. The van der Waals surface area contributed by atoms with E-state index < -0.39 is 7.81 Å². The van der Waals surface area contributed by atoms with E-state index in [0.717, 1.165) is 0 Å². The number of hydrogen-bond donors (Lipinski definition) is 0. The van der Waals surface area contributed by atoms with Crippen LogP contribution in [-0.4, -0.2) is 0 Å². The summed E-state index contributed by atoms with van der Waals surface area (Å²) in [5.74, 6) is 1.22. The molecule has 0 spiro atoms. The van der Waals surface area contributed by atoms with Crippen molar-refractivity contribution in [2.24, 2.45) is 0 Å². The first kappa shape index (κ1) is 36.0. The Balaban J connectivity index is -0.0000000909. The zero-order valence-electron chi connectivity index (χ0n) is 13.1. The van der Waals surface area contributed by atoms with E-state index in [1.807, 2.05) is 24.6 Å². The van der Waals surface area contributed by atoms with Crippen molar-refractivity contribution in [3.05, 3.63) is 88.0 Å². The Morgan fingerprint density at radius 3 is 1.46 bits per heavy atom. The molecule has 0 unspecified atom stereocenters. The maximum Gasteiger partial charge on any atom is 0 e. The van der Waals surface area contributed by atoms with Crippen LogP contribution in [0.5, 0.6) is 0 Å². The maximum absolute atomic E-state index is 10.7. The molecule has 147 valence electrons. The molecular formula is C15H13F6FeO3P-. The predicted octanol–water partition coefficient (Wildman–Crippen LogP) is 6.34. The maximum atomic E-state index is 9.87. The molecule has 0 heterocycles. The van der Waals surface area contributed by atoms with Crippen molar-refractivity contribution < 1.29 is 56.2 Å². The molecule has 0 saturated heterocycles. The van der Waals surface area contributed by atoms with Crippen molar-refractivity contribution in [2.75, 3.05) is 0 Å². The first-order chi connectivity index (χ1) is 11.3.